The minimum Gasteiger partial charge on any atom is -0.326 e. The van der Waals surface area contributed by atoms with Crippen molar-refractivity contribution in [1.82, 2.24) is 4.31 Å². The second-order valence-electron chi connectivity index (χ2n) is 6.13. The standard InChI is InChI=1S/C16H26N2O3S/c1-12(2)11-18(22(5,20)21)9-8-16(19)17-15-7-6-13(3)10-14(15)4/h6-7,10,12H,8-9,11H2,1-5H3,(H,17,19). The van der Waals surface area contributed by atoms with Crippen LogP contribution in [-0.4, -0.2) is 38.0 Å². The molecule has 1 amide bonds. The third-order valence-electron chi connectivity index (χ3n) is 3.28. The van der Waals surface area contributed by atoms with Gasteiger partial charge in [0.15, 0.2) is 0 Å². The van der Waals surface area contributed by atoms with Crippen LogP contribution in [0, 0.1) is 19.8 Å². The molecule has 0 aliphatic heterocycles. The van der Waals surface area contributed by atoms with Crippen molar-refractivity contribution in [1.29, 1.82) is 0 Å². The van der Waals surface area contributed by atoms with Gasteiger partial charge in [0.05, 0.1) is 6.26 Å². The van der Waals surface area contributed by atoms with E-state index in [4.69, 9.17) is 0 Å². The maximum Gasteiger partial charge on any atom is 0.225 e. The number of amides is 1. The van der Waals surface area contributed by atoms with Crippen LogP contribution in [0.2, 0.25) is 0 Å². The van der Waals surface area contributed by atoms with Crippen molar-refractivity contribution < 1.29 is 13.2 Å². The summed E-state index contributed by atoms with van der Waals surface area (Å²) < 4.78 is 24.8. The van der Waals surface area contributed by atoms with Crippen molar-refractivity contribution in [3.8, 4) is 0 Å². The first kappa shape index (κ1) is 18.6. The molecule has 5 nitrogen and oxygen atoms in total. The lowest BCUT2D eigenvalue weighted by Gasteiger charge is -2.21. The van der Waals surface area contributed by atoms with Crippen molar-refractivity contribution in [3.63, 3.8) is 0 Å². The van der Waals surface area contributed by atoms with Gasteiger partial charge in [-0.1, -0.05) is 31.5 Å². The quantitative estimate of drug-likeness (QED) is 0.837. The van der Waals surface area contributed by atoms with Crippen molar-refractivity contribution in [2.45, 2.75) is 34.1 Å². The summed E-state index contributed by atoms with van der Waals surface area (Å²) in [6.07, 6.45) is 1.32. The minimum atomic E-state index is -3.29. The Labute approximate surface area is 133 Å². The second-order valence-corrected chi connectivity index (χ2v) is 8.11. The molecule has 1 rings (SSSR count). The van der Waals surface area contributed by atoms with Gasteiger partial charge in [0.25, 0.3) is 0 Å². The van der Waals surface area contributed by atoms with Gasteiger partial charge in [-0.05, 0) is 31.4 Å². The number of nitrogens with one attached hydrogen (secondary N) is 1. The van der Waals surface area contributed by atoms with E-state index in [1.54, 1.807) is 0 Å². The zero-order valence-electron chi connectivity index (χ0n) is 14.0. The molecule has 0 aliphatic rings. The highest BCUT2D eigenvalue weighted by atomic mass is 32.2. The summed E-state index contributed by atoms with van der Waals surface area (Å²) in [5, 5.41) is 2.84. The third kappa shape index (κ3) is 6.15. The molecule has 0 atom stereocenters. The molecule has 0 fully saturated rings. The molecule has 0 heterocycles. The molecule has 22 heavy (non-hydrogen) atoms. The number of aryl methyl sites for hydroxylation is 2. The molecule has 1 aromatic carbocycles. The van der Waals surface area contributed by atoms with E-state index in [1.807, 2.05) is 45.9 Å². The number of hydrogen-bond donors (Lipinski definition) is 1. The van der Waals surface area contributed by atoms with Gasteiger partial charge in [-0.3, -0.25) is 4.79 Å². The van der Waals surface area contributed by atoms with E-state index in [0.29, 0.717) is 6.54 Å². The predicted octanol–water partition coefficient (Wildman–Crippen LogP) is 2.55. The number of anilines is 1. The Balaban J connectivity index is 2.64. The molecule has 124 valence electrons. The van der Waals surface area contributed by atoms with Crippen molar-refractivity contribution in [3.05, 3.63) is 29.3 Å². The van der Waals surface area contributed by atoms with E-state index in [1.165, 1.54) is 10.6 Å². The fourth-order valence-electron chi connectivity index (χ4n) is 2.19. The Bertz CT molecular complexity index is 624. The number of carbonyl (C=O) groups excluding carboxylic acids is 1. The number of hydrogen-bond acceptors (Lipinski definition) is 3. The van der Waals surface area contributed by atoms with Gasteiger partial charge in [-0.25, -0.2) is 12.7 Å². The average molecular weight is 326 g/mol. The fourth-order valence-corrected chi connectivity index (χ4v) is 3.18. The van der Waals surface area contributed by atoms with E-state index >= 15 is 0 Å². The third-order valence-corrected chi connectivity index (χ3v) is 4.55. The Kier molecular flexibility index (Phi) is 6.56. The summed E-state index contributed by atoms with van der Waals surface area (Å²) in [7, 11) is -3.29. The molecule has 0 bridgehead atoms. The number of carbonyl (C=O) groups is 1. The molecule has 1 aromatic rings. The summed E-state index contributed by atoms with van der Waals surface area (Å²) >= 11 is 0. The molecule has 0 saturated carbocycles. The molecule has 0 saturated heterocycles. The Morgan fingerprint density at radius 1 is 1.27 bits per heavy atom. The van der Waals surface area contributed by atoms with Gasteiger partial charge in [-0.15, -0.1) is 0 Å². The van der Waals surface area contributed by atoms with Crippen LogP contribution in [0.25, 0.3) is 0 Å². The Morgan fingerprint density at radius 2 is 1.91 bits per heavy atom. The van der Waals surface area contributed by atoms with Gasteiger partial charge in [-0.2, -0.15) is 0 Å². The van der Waals surface area contributed by atoms with E-state index in [-0.39, 0.29) is 24.8 Å². The topological polar surface area (TPSA) is 66.5 Å². The molecule has 0 aliphatic carbocycles. The van der Waals surface area contributed by atoms with Crippen LogP contribution in [0.5, 0.6) is 0 Å². The van der Waals surface area contributed by atoms with Crippen LogP contribution < -0.4 is 5.32 Å². The van der Waals surface area contributed by atoms with E-state index in [0.717, 1.165) is 16.8 Å². The zero-order valence-corrected chi connectivity index (χ0v) is 14.8. The predicted molar refractivity (Wildman–Crippen MR) is 90.4 cm³/mol. The summed E-state index contributed by atoms with van der Waals surface area (Å²) in [5.41, 5.74) is 2.90. The van der Waals surface area contributed by atoms with Gasteiger partial charge in [0.1, 0.15) is 0 Å². The first-order valence-electron chi connectivity index (χ1n) is 7.42. The summed E-state index contributed by atoms with van der Waals surface area (Å²) in [6, 6.07) is 5.80. The highest BCUT2D eigenvalue weighted by Gasteiger charge is 2.19. The molecule has 0 radical (unpaired) electrons. The first-order valence-corrected chi connectivity index (χ1v) is 9.26. The maximum atomic E-state index is 12.0. The largest absolute Gasteiger partial charge is 0.326 e. The van der Waals surface area contributed by atoms with Gasteiger partial charge in [0, 0.05) is 25.2 Å². The second kappa shape index (κ2) is 7.74. The normalized spacial score (nSPS) is 12.0. The van der Waals surface area contributed by atoms with Crippen molar-refractivity contribution in [2.24, 2.45) is 5.92 Å². The molecule has 0 aromatic heterocycles. The summed E-state index contributed by atoms with van der Waals surface area (Å²) in [4.78, 5) is 12.0. The van der Waals surface area contributed by atoms with Crippen LogP contribution in [-0.2, 0) is 14.8 Å². The van der Waals surface area contributed by atoms with Crippen molar-refractivity contribution >= 4 is 21.6 Å². The maximum absolute atomic E-state index is 12.0. The summed E-state index contributed by atoms with van der Waals surface area (Å²) in [6.45, 7) is 8.46. The van der Waals surface area contributed by atoms with Crippen LogP contribution >= 0.6 is 0 Å². The molecule has 0 unspecified atom stereocenters. The van der Waals surface area contributed by atoms with Gasteiger partial charge in [0.2, 0.25) is 15.9 Å². The smallest absolute Gasteiger partial charge is 0.225 e. The highest BCUT2D eigenvalue weighted by molar-refractivity contribution is 7.88. The molecule has 1 N–H and O–H groups in total. The molecular weight excluding hydrogens is 300 g/mol. The number of nitrogens with zero attached hydrogens (tertiary/aromatic N) is 1. The Morgan fingerprint density at radius 3 is 2.41 bits per heavy atom. The van der Waals surface area contributed by atoms with Crippen LogP contribution in [0.15, 0.2) is 18.2 Å². The molecule has 6 heteroatoms. The minimum absolute atomic E-state index is 0.146. The SMILES string of the molecule is Cc1ccc(NC(=O)CCN(CC(C)C)S(C)(=O)=O)c(C)c1. The number of sulfonamides is 1. The van der Waals surface area contributed by atoms with Gasteiger partial charge < -0.3 is 5.32 Å². The van der Waals surface area contributed by atoms with Gasteiger partial charge >= 0.3 is 0 Å². The Hall–Kier alpha value is -1.40. The van der Waals surface area contributed by atoms with E-state index < -0.39 is 10.0 Å². The molecular formula is C16H26N2O3S. The lowest BCUT2D eigenvalue weighted by molar-refractivity contribution is -0.116. The zero-order chi connectivity index (χ0) is 16.9. The number of rotatable bonds is 7. The lowest BCUT2D eigenvalue weighted by Crippen LogP contribution is -2.35. The monoisotopic (exact) mass is 326 g/mol. The van der Waals surface area contributed by atoms with Crippen LogP contribution in [0.3, 0.4) is 0 Å². The molecule has 0 spiro atoms. The number of benzene rings is 1. The van der Waals surface area contributed by atoms with E-state index in [9.17, 15) is 13.2 Å². The van der Waals surface area contributed by atoms with Crippen LogP contribution in [0.4, 0.5) is 5.69 Å². The summed E-state index contributed by atoms with van der Waals surface area (Å²) in [5.74, 6) is 0.0430. The lowest BCUT2D eigenvalue weighted by atomic mass is 10.1. The first-order chi connectivity index (χ1) is 10.1. The fraction of sp³-hybridized carbons (Fsp3) is 0.562. The highest BCUT2D eigenvalue weighted by Crippen LogP contribution is 2.16. The average Bonchev–Trinajstić information content (AvgIpc) is 2.36. The van der Waals surface area contributed by atoms with Crippen molar-refractivity contribution in [2.75, 3.05) is 24.7 Å². The van der Waals surface area contributed by atoms with Crippen LogP contribution in [0.1, 0.15) is 31.4 Å². The van der Waals surface area contributed by atoms with E-state index in [2.05, 4.69) is 5.32 Å².